The largest absolute Gasteiger partial charge is 0.355 e. The van der Waals surface area contributed by atoms with Crippen LogP contribution in [0.5, 0.6) is 0 Å². The lowest BCUT2D eigenvalue weighted by molar-refractivity contribution is -0.132. The molecule has 2 saturated heterocycles. The molecule has 2 atom stereocenters. The van der Waals surface area contributed by atoms with Gasteiger partial charge in [-0.1, -0.05) is 20.3 Å². The molecule has 0 aliphatic carbocycles. The zero-order chi connectivity index (χ0) is 14.4. The van der Waals surface area contributed by atoms with Gasteiger partial charge >= 0.3 is 0 Å². The molecule has 2 aliphatic rings. The van der Waals surface area contributed by atoms with Crippen molar-refractivity contribution in [1.82, 2.24) is 15.5 Å². The van der Waals surface area contributed by atoms with Crippen LogP contribution in [0, 0.1) is 11.3 Å². The fourth-order valence-corrected chi connectivity index (χ4v) is 3.76. The molecule has 0 spiro atoms. The number of carbonyl (C=O) groups is 1. The van der Waals surface area contributed by atoms with Crippen LogP contribution in [0.25, 0.3) is 0 Å². The van der Waals surface area contributed by atoms with Crippen LogP contribution in [0.2, 0.25) is 0 Å². The average Bonchev–Trinajstić information content (AvgIpc) is 2.94. The summed E-state index contributed by atoms with van der Waals surface area (Å²) < 4.78 is 0. The van der Waals surface area contributed by atoms with Crippen molar-refractivity contribution >= 4 is 5.91 Å². The van der Waals surface area contributed by atoms with E-state index in [1.165, 1.54) is 13.0 Å². The van der Waals surface area contributed by atoms with Gasteiger partial charge in [-0.2, -0.15) is 0 Å². The van der Waals surface area contributed by atoms with Crippen LogP contribution >= 0.6 is 0 Å². The van der Waals surface area contributed by atoms with Crippen LogP contribution < -0.4 is 10.6 Å². The van der Waals surface area contributed by atoms with Crippen LogP contribution in [0.4, 0.5) is 0 Å². The van der Waals surface area contributed by atoms with E-state index in [1.54, 1.807) is 0 Å². The van der Waals surface area contributed by atoms with Crippen molar-refractivity contribution in [1.29, 1.82) is 0 Å². The lowest BCUT2D eigenvalue weighted by Crippen LogP contribution is -2.51. The minimum absolute atomic E-state index is 0.143. The van der Waals surface area contributed by atoms with Gasteiger partial charge in [0, 0.05) is 19.6 Å². The Hall–Kier alpha value is -0.610. The van der Waals surface area contributed by atoms with Crippen LogP contribution in [-0.2, 0) is 4.79 Å². The molecule has 2 fully saturated rings. The molecule has 116 valence electrons. The highest BCUT2D eigenvalue weighted by molar-refractivity contribution is 5.83. The van der Waals surface area contributed by atoms with E-state index in [0.29, 0.717) is 11.8 Å². The van der Waals surface area contributed by atoms with Gasteiger partial charge in [-0.15, -0.1) is 0 Å². The van der Waals surface area contributed by atoms with Crippen molar-refractivity contribution in [3.8, 4) is 0 Å². The molecule has 2 N–H and O–H groups in total. The first-order chi connectivity index (χ1) is 9.70. The molecule has 20 heavy (non-hydrogen) atoms. The van der Waals surface area contributed by atoms with E-state index in [2.05, 4.69) is 29.4 Å². The molecule has 0 radical (unpaired) electrons. The summed E-state index contributed by atoms with van der Waals surface area (Å²) in [5.74, 6) is 0.940. The number of nitrogens with one attached hydrogen (secondary N) is 2. The summed E-state index contributed by atoms with van der Waals surface area (Å²) in [5, 5.41) is 6.68. The van der Waals surface area contributed by atoms with Gasteiger partial charge in [0.1, 0.15) is 0 Å². The minimum atomic E-state index is -0.143. The summed E-state index contributed by atoms with van der Waals surface area (Å²) in [6, 6.07) is 0. The average molecular weight is 281 g/mol. The molecule has 0 saturated carbocycles. The minimum Gasteiger partial charge on any atom is -0.355 e. The number of rotatable bonds is 6. The van der Waals surface area contributed by atoms with Gasteiger partial charge in [-0.25, -0.2) is 0 Å². The van der Waals surface area contributed by atoms with E-state index in [-0.39, 0.29) is 5.41 Å². The number of piperidine rings is 1. The van der Waals surface area contributed by atoms with Crippen LogP contribution in [0.15, 0.2) is 0 Å². The summed E-state index contributed by atoms with van der Waals surface area (Å²) in [7, 11) is 0. The molecule has 4 heteroatoms. The van der Waals surface area contributed by atoms with Gasteiger partial charge in [0.25, 0.3) is 0 Å². The molecule has 2 unspecified atom stereocenters. The number of likely N-dealkylation sites (tertiary alicyclic amines) is 1. The highest BCUT2D eigenvalue weighted by Gasteiger charge is 2.38. The first kappa shape index (κ1) is 15.8. The number of hydrogen-bond acceptors (Lipinski definition) is 3. The Bertz CT molecular complexity index is 307. The summed E-state index contributed by atoms with van der Waals surface area (Å²) >= 11 is 0. The van der Waals surface area contributed by atoms with E-state index in [0.717, 1.165) is 58.4 Å². The second kappa shape index (κ2) is 7.41. The molecule has 2 heterocycles. The summed E-state index contributed by atoms with van der Waals surface area (Å²) in [6.07, 6.45) is 5.50. The molecule has 0 aromatic heterocycles. The lowest BCUT2D eigenvalue weighted by Gasteiger charge is -2.36. The molecular weight excluding hydrogens is 250 g/mol. The third-order valence-electron chi connectivity index (χ3n) is 5.05. The Morgan fingerprint density at radius 3 is 2.90 bits per heavy atom. The quantitative estimate of drug-likeness (QED) is 0.777. The van der Waals surface area contributed by atoms with Gasteiger partial charge in [-0.05, 0) is 51.2 Å². The third kappa shape index (κ3) is 3.73. The Kier molecular flexibility index (Phi) is 5.85. The summed E-state index contributed by atoms with van der Waals surface area (Å²) in [4.78, 5) is 15.1. The van der Waals surface area contributed by atoms with Gasteiger partial charge in [-0.3, -0.25) is 4.79 Å². The highest BCUT2D eigenvalue weighted by atomic mass is 16.2. The van der Waals surface area contributed by atoms with Crippen molar-refractivity contribution in [3.05, 3.63) is 0 Å². The Balaban J connectivity index is 1.82. The topological polar surface area (TPSA) is 44.4 Å². The third-order valence-corrected chi connectivity index (χ3v) is 5.05. The predicted molar refractivity (Wildman–Crippen MR) is 82.7 cm³/mol. The van der Waals surface area contributed by atoms with Crippen molar-refractivity contribution in [2.45, 2.75) is 46.0 Å². The SMILES string of the molecule is CCCC1(C(=O)NCC2CCN(CC)C2)CCCNC1. The fraction of sp³-hybridized carbons (Fsp3) is 0.938. The maximum absolute atomic E-state index is 12.7. The summed E-state index contributed by atoms with van der Waals surface area (Å²) in [6.45, 7) is 10.7. The second-order valence-corrected chi connectivity index (χ2v) is 6.57. The number of nitrogens with zero attached hydrogens (tertiary/aromatic N) is 1. The molecular formula is C16H31N3O. The molecule has 0 aromatic carbocycles. The first-order valence-corrected chi connectivity index (χ1v) is 8.41. The van der Waals surface area contributed by atoms with Gasteiger partial charge in [0.05, 0.1) is 5.41 Å². The van der Waals surface area contributed by atoms with Crippen LogP contribution in [0.3, 0.4) is 0 Å². The van der Waals surface area contributed by atoms with Crippen LogP contribution in [-0.4, -0.2) is 50.1 Å². The molecule has 0 bridgehead atoms. The monoisotopic (exact) mass is 281 g/mol. The van der Waals surface area contributed by atoms with Crippen molar-refractivity contribution in [2.24, 2.45) is 11.3 Å². The molecule has 2 rings (SSSR count). The van der Waals surface area contributed by atoms with Crippen molar-refractivity contribution < 1.29 is 4.79 Å². The zero-order valence-electron chi connectivity index (χ0n) is 13.2. The molecule has 1 amide bonds. The second-order valence-electron chi connectivity index (χ2n) is 6.57. The zero-order valence-corrected chi connectivity index (χ0v) is 13.2. The van der Waals surface area contributed by atoms with Gasteiger partial charge in [0.15, 0.2) is 0 Å². The standard InChI is InChI=1S/C16H31N3O/c1-3-7-16(8-5-9-17-13-16)15(20)18-11-14-6-10-19(4-2)12-14/h14,17H,3-13H2,1-2H3,(H,18,20). The Morgan fingerprint density at radius 1 is 1.45 bits per heavy atom. The van der Waals surface area contributed by atoms with E-state index < -0.39 is 0 Å². The Labute approximate surface area is 123 Å². The fourth-order valence-electron chi connectivity index (χ4n) is 3.76. The lowest BCUT2D eigenvalue weighted by atomic mass is 9.76. The number of carbonyl (C=O) groups excluding carboxylic acids is 1. The van der Waals surface area contributed by atoms with Gasteiger partial charge in [0.2, 0.25) is 5.91 Å². The molecule has 2 aliphatic heterocycles. The van der Waals surface area contributed by atoms with Crippen molar-refractivity contribution in [2.75, 3.05) is 39.3 Å². The Morgan fingerprint density at radius 2 is 2.30 bits per heavy atom. The maximum atomic E-state index is 12.7. The number of hydrogen-bond donors (Lipinski definition) is 2. The first-order valence-electron chi connectivity index (χ1n) is 8.41. The van der Waals surface area contributed by atoms with E-state index >= 15 is 0 Å². The van der Waals surface area contributed by atoms with Gasteiger partial charge < -0.3 is 15.5 Å². The maximum Gasteiger partial charge on any atom is 0.227 e. The highest BCUT2D eigenvalue weighted by Crippen LogP contribution is 2.32. The number of amides is 1. The van der Waals surface area contributed by atoms with E-state index in [9.17, 15) is 4.79 Å². The predicted octanol–water partition coefficient (Wildman–Crippen LogP) is 1.61. The summed E-state index contributed by atoms with van der Waals surface area (Å²) in [5.41, 5.74) is -0.143. The smallest absolute Gasteiger partial charge is 0.227 e. The van der Waals surface area contributed by atoms with E-state index in [1.807, 2.05) is 0 Å². The molecule has 0 aromatic rings. The van der Waals surface area contributed by atoms with Crippen molar-refractivity contribution in [3.63, 3.8) is 0 Å². The van der Waals surface area contributed by atoms with Crippen LogP contribution in [0.1, 0.15) is 46.0 Å². The van der Waals surface area contributed by atoms with E-state index in [4.69, 9.17) is 0 Å². The molecule has 4 nitrogen and oxygen atoms in total. The normalized spacial score (nSPS) is 31.4.